The lowest BCUT2D eigenvalue weighted by atomic mass is 9.96. The van der Waals surface area contributed by atoms with Crippen molar-refractivity contribution >= 4 is 63.7 Å². The summed E-state index contributed by atoms with van der Waals surface area (Å²) in [6, 6.07) is 14.7. The molecule has 0 unspecified atom stereocenters. The first-order chi connectivity index (χ1) is 28.3. The third kappa shape index (κ3) is 7.96. The number of likely N-dealkylation sites (tertiary alicyclic amines) is 2. The lowest BCUT2D eigenvalue weighted by molar-refractivity contribution is -0.133. The van der Waals surface area contributed by atoms with E-state index in [1.165, 1.54) is 0 Å². The van der Waals surface area contributed by atoms with Crippen molar-refractivity contribution in [1.82, 2.24) is 34.3 Å². The summed E-state index contributed by atoms with van der Waals surface area (Å²) in [5.41, 5.74) is 10.4. The van der Waals surface area contributed by atoms with Gasteiger partial charge in [-0.1, -0.05) is 6.07 Å². The molecule has 5 aromatic rings. The fraction of sp³-hybridized carbons (Fsp3) is 0.405. The highest BCUT2D eigenvalue weighted by molar-refractivity contribution is 6.10. The zero-order valence-electron chi connectivity index (χ0n) is 32.3. The lowest BCUT2D eigenvalue weighted by Gasteiger charge is -2.35. The van der Waals surface area contributed by atoms with E-state index in [0.29, 0.717) is 66.1 Å². The number of hydrogen-bond acceptors (Lipinski definition) is 10. The average molecular weight is 786 g/mol. The number of nitrogens with one attached hydrogen (secondary N) is 2. The number of anilines is 3. The maximum Gasteiger partial charge on any atom is 0.328 e. The van der Waals surface area contributed by atoms with Crippen LogP contribution in [-0.2, 0) is 16.1 Å². The monoisotopic (exact) mass is 785 g/mol. The number of urea groups is 1. The van der Waals surface area contributed by atoms with Crippen molar-refractivity contribution in [2.75, 3.05) is 55.2 Å². The highest BCUT2D eigenvalue weighted by Crippen LogP contribution is 2.34. The second-order valence-corrected chi connectivity index (χ2v) is 15.7. The molecule has 3 saturated heterocycles. The fourth-order valence-corrected chi connectivity index (χ4v) is 8.21. The van der Waals surface area contributed by atoms with Gasteiger partial charge in [0.2, 0.25) is 11.8 Å². The van der Waals surface area contributed by atoms with Crippen LogP contribution in [0.5, 0.6) is 5.75 Å². The SMILES string of the molecule is Nc1cc(OC2CC2)c(C(=O)Nc2cnc3cccnn23)cc1C=NC1CCN(C(=O)CN2CCC(Cn3ccc4c(N5CCC(=O)NC5=O)cccc43)CC2)CC1. The molecule has 6 heterocycles. The molecule has 4 fully saturated rings. The third-order valence-corrected chi connectivity index (χ3v) is 11.7. The largest absolute Gasteiger partial charge is 0.490 e. The molecule has 1 aliphatic carbocycles. The Morgan fingerprint density at radius 2 is 1.81 bits per heavy atom. The molecule has 58 heavy (non-hydrogen) atoms. The molecule has 1 saturated carbocycles. The summed E-state index contributed by atoms with van der Waals surface area (Å²) in [6.45, 7) is 4.66. The molecule has 5 amide bonds. The Kier molecular flexibility index (Phi) is 10.2. The standard InChI is InChI=1S/C42H47N11O5/c43-33-22-36(58-30-6-7-30)32(41(56)47-38-24-45-37-5-2-14-46-53(37)38)21-28(33)23-44-29-10-17-50(18-11-29)40(55)26-49-15-8-27(9-16-49)25-51-19-12-31-34(51)3-1-4-35(31)52-20-13-39(54)48-42(52)57/h1-5,12,14,19,21-24,27,29-30H,6-11,13,15-18,20,25-26,43H2,(H,47,56)(H,48,54,57). The van der Waals surface area contributed by atoms with Crippen molar-refractivity contribution in [2.24, 2.45) is 10.9 Å². The van der Waals surface area contributed by atoms with Crippen LogP contribution < -0.4 is 26.0 Å². The van der Waals surface area contributed by atoms with Crippen molar-refractivity contribution < 1.29 is 23.9 Å². The van der Waals surface area contributed by atoms with Crippen LogP contribution >= 0.6 is 0 Å². The fourth-order valence-electron chi connectivity index (χ4n) is 8.21. The number of piperidine rings is 2. The van der Waals surface area contributed by atoms with Gasteiger partial charge in [-0.3, -0.25) is 34.5 Å². The minimum atomic E-state index is -0.379. The van der Waals surface area contributed by atoms with Crippen molar-refractivity contribution in [2.45, 2.75) is 63.6 Å². The third-order valence-electron chi connectivity index (χ3n) is 11.7. The number of nitrogens with zero attached hydrogens (tertiary/aromatic N) is 8. The van der Waals surface area contributed by atoms with Crippen LogP contribution in [0.25, 0.3) is 16.6 Å². The van der Waals surface area contributed by atoms with E-state index in [-0.39, 0.29) is 42.3 Å². The van der Waals surface area contributed by atoms with E-state index in [9.17, 15) is 19.2 Å². The van der Waals surface area contributed by atoms with Gasteiger partial charge in [-0.05, 0) is 93.9 Å². The molecule has 16 nitrogen and oxygen atoms in total. The Morgan fingerprint density at radius 3 is 2.60 bits per heavy atom. The summed E-state index contributed by atoms with van der Waals surface area (Å²) in [5, 5.41) is 10.6. The van der Waals surface area contributed by atoms with E-state index in [2.05, 4.69) is 48.5 Å². The number of rotatable bonds is 11. The maximum atomic E-state index is 13.6. The topological polar surface area (TPSA) is 185 Å². The summed E-state index contributed by atoms with van der Waals surface area (Å²) < 4.78 is 9.91. The van der Waals surface area contributed by atoms with Gasteiger partial charge in [-0.25, -0.2) is 9.78 Å². The highest BCUT2D eigenvalue weighted by Gasteiger charge is 2.30. The molecule has 0 radical (unpaired) electrons. The minimum Gasteiger partial charge on any atom is -0.490 e. The van der Waals surface area contributed by atoms with Crippen molar-refractivity contribution in [3.05, 3.63) is 78.2 Å². The Balaban J connectivity index is 0.762. The van der Waals surface area contributed by atoms with Gasteiger partial charge >= 0.3 is 6.03 Å². The lowest BCUT2D eigenvalue weighted by Crippen LogP contribution is -2.49. The number of imide groups is 1. The Bertz CT molecular complexity index is 2400. The smallest absolute Gasteiger partial charge is 0.328 e. The van der Waals surface area contributed by atoms with Crippen molar-refractivity contribution in [3.8, 4) is 5.75 Å². The van der Waals surface area contributed by atoms with Gasteiger partial charge in [-0.15, -0.1) is 0 Å². The quantitative estimate of drug-likeness (QED) is 0.130. The first-order valence-electron chi connectivity index (χ1n) is 20.2. The van der Waals surface area contributed by atoms with Gasteiger partial charge in [-0.2, -0.15) is 9.61 Å². The van der Waals surface area contributed by atoms with E-state index in [1.807, 2.05) is 23.1 Å². The van der Waals surface area contributed by atoms with E-state index in [4.69, 9.17) is 15.5 Å². The van der Waals surface area contributed by atoms with Crippen LogP contribution in [0, 0.1) is 5.92 Å². The molecule has 0 bridgehead atoms. The number of nitrogens with two attached hydrogens (primary N) is 1. The van der Waals surface area contributed by atoms with Crippen LogP contribution in [0.2, 0.25) is 0 Å². The van der Waals surface area contributed by atoms with Crippen molar-refractivity contribution in [3.63, 3.8) is 0 Å². The normalized spacial score (nSPS) is 18.7. The van der Waals surface area contributed by atoms with Gasteiger partial charge in [0.05, 0.1) is 41.7 Å². The molecule has 4 N–H and O–H groups in total. The molecule has 3 aromatic heterocycles. The number of amides is 5. The predicted octanol–water partition coefficient (Wildman–Crippen LogP) is 4.33. The Morgan fingerprint density at radius 1 is 0.983 bits per heavy atom. The van der Waals surface area contributed by atoms with Crippen LogP contribution in [0.15, 0.2) is 72.1 Å². The summed E-state index contributed by atoms with van der Waals surface area (Å²) >= 11 is 0. The van der Waals surface area contributed by atoms with Gasteiger partial charge in [0.15, 0.2) is 11.5 Å². The van der Waals surface area contributed by atoms with Crippen LogP contribution in [-0.4, -0.2) is 110 Å². The molecule has 300 valence electrons. The number of benzene rings is 2. The van der Waals surface area contributed by atoms with E-state index >= 15 is 0 Å². The Labute approximate surface area is 335 Å². The molecule has 0 spiro atoms. The van der Waals surface area contributed by atoms with E-state index < -0.39 is 0 Å². The second kappa shape index (κ2) is 15.9. The second-order valence-electron chi connectivity index (χ2n) is 15.7. The number of aromatic nitrogens is 4. The zero-order chi connectivity index (χ0) is 39.8. The highest BCUT2D eigenvalue weighted by atomic mass is 16.5. The average Bonchev–Trinajstić information content (AvgIpc) is 3.82. The number of ether oxygens (including phenoxy) is 1. The molecule has 4 aliphatic rings. The Hall–Kier alpha value is -6.29. The number of imidazole rings is 1. The summed E-state index contributed by atoms with van der Waals surface area (Å²) in [4.78, 5) is 66.2. The van der Waals surface area contributed by atoms with Gasteiger partial charge in [0, 0.05) is 73.9 Å². The van der Waals surface area contributed by atoms with Crippen LogP contribution in [0.1, 0.15) is 60.9 Å². The van der Waals surface area contributed by atoms with E-state index in [0.717, 1.165) is 74.7 Å². The minimum absolute atomic E-state index is 0.0325. The maximum absolute atomic E-state index is 13.6. The van der Waals surface area contributed by atoms with Gasteiger partial charge < -0.3 is 25.3 Å². The molecule has 2 aromatic carbocycles. The molecule has 0 atom stereocenters. The number of nitrogen functional groups attached to an aromatic ring is 1. The molecule has 3 aliphatic heterocycles. The summed E-state index contributed by atoms with van der Waals surface area (Å²) in [7, 11) is 0. The van der Waals surface area contributed by atoms with E-state index in [1.54, 1.807) is 46.2 Å². The summed E-state index contributed by atoms with van der Waals surface area (Å²) in [5.74, 6) is 0.909. The van der Waals surface area contributed by atoms with Crippen LogP contribution in [0.3, 0.4) is 0 Å². The number of fused-ring (bicyclic) bond motifs is 2. The van der Waals surface area contributed by atoms with Crippen molar-refractivity contribution in [1.29, 1.82) is 0 Å². The molecule has 9 rings (SSSR count). The predicted molar refractivity (Wildman–Crippen MR) is 219 cm³/mol. The molecular formula is C42H47N11O5. The molecular weight excluding hydrogens is 739 g/mol. The number of carbonyl (C=O) groups excluding carboxylic acids is 4. The number of hydrogen-bond donors (Lipinski definition) is 3. The van der Waals surface area contributed by atoms with Gasteiger partial charge in [0.1, 0.15) is 5.75 Å². The zero-order valence-corrected chi connectivity index (χ0v) is 32.3. The number of aliphatic imine (C=N–C) groups is 1. The molecule has 16 heteroatoms. The first-order valence-corrected chi connectivity index (χ1v) is 20.2. The first kappa shape index (κ1) is 37.3. The number of carbonyl (C=O) groups is 4. The van der Waals surface area contributed by atoms with Crippen LogP contribution in [0.4, 0.5) is 22.0 Å². The summed E-state index contributed by atoms with van der Waals surface area (Å²) in [6.07, 6.45) is 12.7. The van der Waals surface area contributed by atoms with Gasteiger partial charge in [0.25, 0.3) is 5.91 Å².